The Kier molecular flexibility index (Phi) is 3.85. The van der Waals surface area contributed by atoms with Crippen molar-refractivity contribution < 1.29 is 14.6 Å². The lowest BCUT2D eigenvalue weighted by atomic mass is 10.2. The van der Waals surface area contributed by atoms with Crippen molar-refractivity contribution >= 4 is 5.97 Å². The van der Waals surface area contributed by atoms with Crippen LogP contribution in [0.3, 0.4) is 0 Å². The van der Waals surface area contributed by atoms with E-state index >= 15 is 0 Å². The summed E-state index contributed by atoms with van der Waals surface area (Å²) < 4.78 is 5.43. The number of benzene rings is 1. The van der Waals surface area contributed by atoms with E-state index in [1.54, 1.807) is 0 Å². The van der Waals surface area contributed by atoms with Crippen molar-refractivity contribution in [2.45, 2.75) is 20.3 Å². The number of aliphatic carboxylic acids is 1. The molecule has 0 atom stereocenters. The second-order valence-electron chi connectivity index (χ2n) is 4.19. The van der Waals surface area contributed by atoms with E-state index in [9.17, 15) is 4.79 Å². The number of aryl methyl sites for hydroxylation is 1. The fourth-order valence-corrected chi connectivity index (χ4v) is 1.85. The number of nitrogens with one attached hydrogen (secondary N) is 1. The first-order chi connectivity index (χ1) is 9.10. The van der Waals surface area contributed by atoms with Crippen LogP contribution in [0.5, 0.6) is 5.75 Å². The third-order valence-corrected chi connectivity index (χ3v) is 2.72. The van der Waals surface area contributed by atoms with Gasteiger partial charge in [-0.15, -0.1) is 0 Å². The molecule has 0 bridgehead atoms. The van der Waals surface area contributed by atoms with Crippen molar-refractivity contribution in [2.75, 3.05) is 6.61 Å². The molecule has 0 fully saturated rings. The first kappa shape index (κ1) is 13.1. The van der Waals surface area contributed by atoms with Crippen molar-refractivity contribution in [3.63, 3.8) is 0 Å². The van der Waals surface area contributed by atoms with Crippen molar-refractivity contribution in [3.8, 4) is 17.1 Å². The van der Waals surface area contributed by atoms with E-state index in [4.69, 9.17) is 9.84 Å². The lowest BCUT2D eigenvalue weighted by molar-refractivity contribution is -0.136. The average Bonchev–Trinajstić information content (AvgIpc) is 2.71. The fourth-order valence-electron chi connectivity index (χ4n) is 1.85. The van der Waals surface area contributed by atoms with Gasteiger partial charge in [-0.25, -0.2) is 4.98 Å². The summed E-state index contributed by atoms with van der Waals surface area (Å²) in [4.78, 5) is 18.2. The number of hydrogen-bond donors (Lipinski definition) is 2. The van der Waals surface area contributed by atoms with Gasteiger partial charge in [0.2, 0.25) is 0 Å². The van der Waals surface area contributed by atoms with Gasteiger partial charge in [-0.3, -0.25) is 4.79 Å². The van der Waals surface area contributed by atoms with Crippen molar-refractivity contribution in [3.05, 3.63) is 35.7 Å². The minimum Gasteiger partial charge on any atom is -0.494 e. The smallest absolute Gasteiger partial charge is 0.309 e. The normalized spacial score (nSPS) is 10.4. The van der Waals surface area contributed by atoms with Gasteiger partial charge < -0.3 is 14.8 Å². The molecule has 1 aromatic heterocycles. The zero-order valence-electron chi connectivity index (χ0n) is 10.9. The summed E-state index contributed by atoms with van der Waals surface area (Å²) >= 11 is 0. The Labute approximate surface area is 111 Å². The third-order valence-electron chi connectivity index (χ3n) is 2.72. The standard InChI is InChI=1S/C14H16N2O3/c1-3-19-11-6-4-5-10(7-11)14-15-9(2)12(16-14)8-13(17)18/h4-7H,3,8H2,1-2H3,(H,15,16)(H,17,18). The second-order valence-corrected chi connectivity index (χ2v) is 4.19. The van der Waals surface area contributed by atoms with Gasteiger partial charge >= 0.3 is 5.97 Å². The van der Waals surface area contributed by atoms with Crippen LogP contribution in [-0.4, -0.2) is 27.7 Å². The minimum absolute atomic E-state index is 0.0759. The Morgan fingerprint density at radius 2 is 2.26 bits per heavy atom. The minimum atomic E-state index is -0.885. The summed E-state index contributed by atoms with van der Waals surface area (Å²) in [6, 6.07) is 7.55. The molecule has 0 saturated carbocycles. The van der Waals surface area contributed by atoms with E-state index in [1.807, 2.05) is 38.1 Å². The van der Waals surface area contributed by atoms with E-state index < -0.39 is 5.97 Å². The van der Waals surface area contributed by atoms with Gasteiger partial charge in [-0.1, -0.05) is 12.1 Å². The predicted octanol–water partition coefficient (Wildman–Crippen LogP) is 2.41. The molecule has 2 N–H and O–H groups in total. The quantitative estimate of drug-likeness (QED) is 0.865. The van der Waals surface area contributed by atoms with Gasteiger partial charge in [-0.2, -0.15) is 0 Å². The summed E-state index contributed by atoms with van der Waals surface area (Å²) in [6.07, 6.45) is -0.0759. The lowest BCUT2D eigenvalue weighted by Crippen LogP contribution is -2.01. The fraction of sp³-hybridized carbons (Fsp3) is 0.286. The highest BCUT2D eigenvalue weighted by atomic mass is 16.5. The van der Waals surface area contributed by atoms with Gasteiger partial charge in [0.05, 0.1) is 18.7 Å². The highest BCUT2D eigenvalue weighted by molar-refractivity contribution is 5.70. The Balaban J connectivity index is 2.31. The van der Waals surface area contributed by atoms with Crippen LogP contribution in [0.1, 0.15) is 18.3 Å². The molecule has 0 amide bonds. The van der Waals surface area contributed by atoms with Gasteiger partial charge in [0.15, 0.2) is 0 Å². The number of nitrogens with zero attached hydrogens (tertiary/aromatic N) is 1. The van der Waals surface area contributed by atoms with Gasteiger partial charge in [-0.05, 0) is 26.0 Å². The van der Waals surface area contributed by atoms with Crippen LogP contribution >= 0.6 is 0 Å². The maximum atomic E-state index is 10.7. The Morgan fingerprint density at radius 1 is 1.47 bits per heavy atom. The first-order valence-electron chi connectivity index (χ1n) is 6.10. The number of ether oxygens (including phenoxy) is 1. The SMILES string of the molecule is CCOc1cccc(-c2nc(CC(=O)O)c(C)[nH]2)c1. The number of aromatic amines is 1. The third kappa shape index (κ3) is 3.13. The maximum Gasteiger partial charge on any atom is 0.309 e. The molecule has 100 valence electrons. The molecular weight excluding hydrogens is 244 g/mol. The zero-order chi connectivity index (χ0) is 13.8. The van der Waals surface area contributed by atoms with Crippen LogP contribution in [0.25, 0.3) is 11.4 Å². The molecule has 0 spiro atoms. The molecule has 0 saturated heterocycles. The predicted molar refractivity (Wildman–Crippen MR) is 71.3 cm³/mol. The van der Waals surface area contributed by atoms with Crippen LogP contribution in [0, 0.1) is 6.92 Å². The highest BCUT2D eigenvalue weighted by Gasteiger charge is 2.11. The van der Waals surface area contributed by atoms with Crippen molar-refractivity contribution in [1.82, 2.24) is 9.97 Å². The molecule has 5 nitrogen and oxygen atoms in total. The number of hydrogen-bond acceptors (Lipinski definition) is 3. The molecule has 0 aliphatic carbocycles. The number of carbonyl (C=O) groups is 1. The Morgan fingerprint density at radius 3 is 2.95 bits per heavy atom. The molecule has 0 aliphatic rings. The van der Waals surface area contributed by atoms with E-state index in [0.29, 0.717) is 18.1 Å². The molecule has 19 heavy (non-hydrogen) atoms. The topological polar surface area (TPSA) is 75.2 Å². The summed E-state index contributed by atoms with van der Waals surface area (Å²) in [5, 5.41) is 8.81. The molecule has 1 aromatic carbocycles. The molecule has 0 unspecified atom stereocenters. The van der Waals surface area contributed by atoms with Crippen LogP contribution in [0.4, 0.5) is 0 Å². The number of H-pyrrole nitrogens is 1. The average molecular weight is 260 g/mol. The van der Waals surface area contributed by atoms with Gasteiger partial charge in [0.1, 0.15) is 11.6 Å². The summed E-state index contributed by atoms with van der Waals surface area (Å²) in [5.74, 6) is 0.549. The largest absolute Gasteiger partial charge is 0.494 e. The second kappa shape index (κ2) is 5.56. The lowest BCUT2D eigenvalue weighted by Gasteiger charge is -2.04. The number of carboxylic acids is 1. The van der Waals surface area contributed by atoms with Crippen molar-refractivity contribution in [1.29, 1.82) is 0 Å². The number of carboxylic acid groups (broad SMARTS) is 1. The van der Waals surface area contributed by atoms with Gasteiger partial charge in [0.25, 0.3) is 0 Å². The molecule has 0 aliphatic heterocycles. The van der Waals surface area contributed by atoms with Crippen LogP contribution in [0.2, 0.25) is 0 Å². The van der Waals surface area contributed by atoms with E-state index in [-0.39, 0.29) is 6.42 Å². The Hall–Kier alpha value is -2.30. The maximum absolute atomic E-state index is 10.7. The number of imidazole rings is 1. The van der Waals surface area contributed by atoms with Crippen LogP contribution in [0.15, 0.2) is 24.3 Å². The first-order valence-corrected chi connectivity index (χ1v) is 6.10. The van der Waals surface area contributed by atoms with Crippen LogP contribution < -0.4 is 4.74 Å². The highest BCUT2D eigenvalue weighted by Crippen LogP contribution is 2.23. The summed E-state index contributed by atoms with van der Waals surface area (Å²) in [7, 11) is 0. The molecule has 1 heterocycles. The number of rotatable bonds is 5. The van der Waals surface area contributed by atoms with Crippen LogP contribution in [-0.2, 0) is 11.2 Å². The van der Waals surface area contributed by atoms with E-state index in [0.717, 1.165) is 17.0 Å². The summed E-state index contributed by atoms with van der Waals surface area (Å²) in [5.41, 5.74) is 2.22. The molecule has 5 heteroatoms. The molecule has 2 rings (SSSR count). The van der Waals surface area contributed by atoms with Crippen molar-refractivity contribution in [2.24, 2.45) is 0 Å². The monoisotopic (exact) mass is 260 g/mol. The summed E-state index contributed by atoms with van der Waals surface area (Å²) in [6.45, 7) is 4.35. The molecular formula is C14H16N2O3. The molecule has 2 aromatic rings. The number of aromatic nitrogens is 2. The zero-order valence-corrected chi connectivity index (χ0v) is 10.9. The van der Waals surface area contributed by atoms with E-state index in [2.05, 4.69) is 9.97 Å². The van der Waals surface area contributed by atoms with Gasteiger partial charge in [0, 0.05) is 11.3 Å². The molecule has 0 radical (unpaired) electrons. The Bertz CT molecular complexity index is 590. The van der Waals surface area contributed by atoms with E-state index in [1.165, 1.54) is 0 Å².